The number of carbonyl (C=O) groups excluding carboxylic acids is 2. The Morgan fingerprint density at radius 1 is 1.19 bits per heavy atom. The van der Waals surface area contributed by atoms with Crippen LogP contribution in [0.3, 0.4) is 0 Å². The quantitative estimate of drug-likeness (QED) is 0.354. The van der Waals surface area contributed by atoms with Gasteiger partial charge < -0.3 is 24.9 Å². The van der Waals surface area contributed by atoms with Crippen LogP contribution in [0.2, 0.25) is 0 Å². The van der Waals surface area contributed by atoms with Crippen LogP contribution in [-0.4, -0.2) is 73.9 Å². The van der Waals surface area contributed by atoms with Gasteiger partial charge in [0.2, 0.25) is 5.91 Å². The highest BCUT2D eigenvalue weighted by Crippen LogP contribution is 2.33. The summed E-state index contributed by atoms with van der Waals surface area (Å²) in [6, 6.07) is 7.87. The lowest BCUT2D eigenvalue weighted by Crippen LogP contribution is -2.55. The summed E-state index contributed by atoms with van der Waals surface area (Å²) in [5.74, 6) is 0.0449. The Morgan fingerprint density at radius 3 is 2.70 bits per heavy atom. The van der Waals surface area contributed by atoms with E-state index in [9.17, 15) is 22.8 Å². The molecule has 0 spiro atoms. The lowest BCUT2D eigenvalue weighted by Gasteiger charge is -2.40. The minimum atomic E-state index is -4.65. The number of H-pyrrole nitrogens is 2. The molecule has 192 valence electrons. The van der Waals surface area contributed by atoms with Gasteiger partial charge in [-0.15, -0.1) is 0 Å². The van der Waals surface area contributed by atoms with Gasteiger partial charge in [-0.3, -0.25) is 9.59 Å². The van der Waals surface area contributed by atoms with Crippen LogP contribution in [0.15, 0.2) is 48.8 Å². The highest BCUT2D eigenvalue weighted by atomic mass is 19.4. The molecule has 0 aliphatic carbocycles. The maximum Gasteiger partial charge on any atom is 0.417 e. The van der Waals surface area contributed by atoms with Gasteiger partial charge in [0.25, 0.3) is 0 Å². The van der Waals surface area contributed by atoms with Crippen molar-refractivity contribution in [3.63, 3.8) is 0 Å². The van der Waals surface area contributed by atoms with E-state index in [0.717, 1.165) is 12.1 Å². The number of imidazole rings is 1. The van der Waals surface area contributed by atoms with Crippen LogP contribution in [0.1, 0.15) is 28.4 Å². The van der Waals surface area contributed by atoms with Crippen molar-refractivity contribution in [1.82, 2.24) is 24.8 Å². The van der Waals surface area contributed by atoms with Gasteiger partial charge in [-0.1, -0.05) is 18.2 Å². The first kappa shape index (κ1) is 24.5. The lowest BCUT2D eigenvalue weighted by atomic mass is 9.99. The minimum absolute atomic E-state index is 0.0789. The Kier molecular flexibility index (Phi) is 6.20. The number of aromatic nitrogens is 4. The van der Waals surface area contributed by atoms with E-state index in [4.69, 9.17) is 5.11 Å². The van der Waals surface area contributed by atoms with Crippen LogP contribution in [-0.2, 0) is 11.0 Å². The number of hydrogen-bond donors (Lipinski definition) is 3. The summed E-state index contributed by atoms with van der Waals surface area (Å²) < 4.78 is 40.1. The SMILES string of the molecule is C[C@@H]1CN(c2cc3[nH]c(-c4cc(C(=O)c5ccccc5C(F)(F)F)c[nH]4)nc3cn2)CCN1C(=O)CO. The van der Waals surface area contributed by atoms with Gasteiger partial charge in [-0.05, 0) is 19.1 Å². The molecule has 3 aromatic heterocycles. The molecule has 37 heavy (non-hydrogen) atoms. The fraction of sp³-hybridized carbons (Fsp3) is 0.280. The van der Waals surface area contributed by atoms with E-state index in [1.807, 2.05) is 17.9 Å². The van der Waals surface area contributed by atoms with Crippen molar-refractivity contribution in [3.05, 3.63) is 65.5 Å². The van der Waals surface area contributed by atoms with E-state index >= 15 is 0 Å². The van der Waals surface area contributed by atoms with E-state index in [0.29, 0.717) is 48.0 Å². The van der Waals surface area contributed by atoms with Gasteiger partial charge in [-0.2, -0.15) is 13.2 Å². The van der Waals surface area contributed by atoms with Gasteiger partial charge >= 0.3 is 6.18 Å². The number of halogens is 3. The molecule has 4 heterocycles. The molecule has 1 amide bonds. The molecule has 1 atom stereocenters. The molecule has 0 saturated carbocycles. The van der Waals surface area contributed by atoms with Crippen LogP contribution in [0.5, 0.6) is 0 Å². The zero-order chi connectivity index (χ0) is 26.3. The number of amides is 1. The monoisotopic (exact) mass is 512 g/mol. The number of nitrogens with zero attached hydrogens (tertiary/aromatic N) is 4. The minimum Gasteiger partial charge on any atom is -0.387 e. The molecule has 9 nitrogen and oxygen atoms in total. The normalized spacial score (nSPS) is 16.4. The van der Waals surface area contributed by atoms with E-state index < -0.39 is 29.7 Å². The van der Waals surface area contributed by atoms with Crippen molar-refractivity contribution in [2.75, 3.05) is 31.1 Å². The second-order valence-electron chi connectivity index (χ2n) is 8.86. The predicted octanol–water partition coefficient (Wildman–Crippen LogP) is 3.23. The highest BCUT2D eigenvalue weighted by molar-refractivity contribution is 6.10. The average Bonchev–Trinajstić information content (AvgIpc) is 3.54. The average molecular weight is 512 g/mol. The zero-order valence-electron chi connectivity index (χ0n) is 19.7. The summed E-state index contributed by atoms with van der Waals surface area (Å²) in [7, 11) is 0. The van der Waals surface area contributed by atoms with Crippen molar-refractivity contribution < 1.29 is 27.9 Å². The number of anilines is 1. The number of pyridine rings is 1. The Bertz CT molecular complexity index is 1480. The molecule has 0 unspecified atom stereocenters. The summed E-state index contributed by atoms with van der Waals surface area (Å²) in [5.41, 5.74) is 0.373. The van der Waals surface area contributed by atoms with Crippen LogP contribution < -0.4 is 4.90 Å². The lowest BCUT2D eigenvalue weighted by molar-refractivity contribution is -0.138. The number of nitrogens with one attached hydrogen (secondary N) is 2. The number of aliphatic hydroxyl groups excluding tert-OH is 1. The molecule has 3 N–H and O–H groups in total. The number of fused-ring (bicyclic) bond motifs is 1. The number of aliphatic hydroxyl groups is 1. The molecule has 0 radical (unpaired) electrons. The second kappa shape index (κ2) is 9.36. The fourth-order valence-electron chi connectivity index (χ4n) is 4.58. The summed E-state index contributed by atoms with van der Waals surface area (Å²) in [4.78, 5) is 43.5. The molecule has 1 aromatic carbocycles. The van der Waals surface area contributed by atoms with E-state index in [1.54, 1.807) is 11.1 Å². The van der Waals surface area contributed by atoms with Gasteiger partial charge in [0.05, 0.1) is 23.0 Å². The van der Waals surface area contributed by atoms with Crippen molar-refractivity contribution >= 4 is 28.5 Å². The van der Waals surface area contributed by atoms with Gasteiger partial charge in [-0.25, -0.2) is 9.97 Å². The van der Waals surface area contributed by atoms with Crippen LogP contribution >= 0.6 is 0 Å². The van der Waals surface area contributed by atoms with E-state index in [-0.39, 0.29) is 17.5 Å². The molecule has 1 aliphatic rings. The van der Waals surface area contributed by atoms with Crippen LogP contribution in [0.4, 0.5) is 19.0 Å². The first-order valence-corrected chi connectivity index (χ1v) is 11.6. The Labute approximate surface area is 208 Å². The molecule has 12 heteroatoms. The van der Waals surface area contributed by atoms with Crippen LogP contribution in [0.25, 0.3) is 22.6 Å². The smallest absolute Gasteiger partial charge is 0.387 e. The summed E-state index contributed by atoms with van der Waals surface area (Å²) >= 11 is 0. The molecule has 4 aromatic rings. The first-order chi connectivity index (χ1) is 17.7. The third kappa shape index (κ3) is 4.67. The molecule has 1 aliphatic heterocycles. The number of carbonyl (C=O) groups is 2. The maximum atomic E-state index is 13.4. The number of hydrogen-bond acceptors (Lipinski definition) is 6. The Balaban J connectivity index is 1.37. The number of piperazine rings is 1. The number of benzene rings is 1. The number of aromatic amines is 2. The van der Waals surface area contributed by atoms with Gasteiger partial charge in [0.1, 0.15) is 17.9 Å². The first-order valence-electron chi connectivity index (χ1n) is 11.6. The van der Waals surface area contributed by atoms with Crippen molar-refractivity contribution in [3.8, 4) is 11.5 Å². The van der Waals surface area contributed by atoms with Crippen LogP contribution in [0, 0.1) is 0 Å². The van der Waals surface area contributed by atoms with Gasteiger partial charge in [0, 0.05) is 49.1 Å². The highest BCUT2D eigenvalue weighted by Gasteiger charge is 2.35. The molecule has 1 saturated heterocycles. The fourth-order valence-corrected chi connectivity index (χ4v) is 4.58. The molecular formula is C25H23F3N6O3. The third-order valence-corrected chi connectivity index (χ3v) is 6.44. The predicted molar refractivity (Wildman–Crippen MR) is 129 cm³/mol. The largest absolute Gasteiger partial charge is 0.417 e. The zero-order valence-corrected chi connectivity index (χ0v) is 19.7. The van der Waals surface area contributed by atoms with E-state index in [2.05, 4.69) is 19.9 Å². The van der Waals surface area contributed by atoms with Crippen molar-refractivity contribution in [2.24, 2.45) is 0 Å². The summed E-state index contributed by atoms with van der Waals surface area (Å²) in [5, 5.41) is 9.14. The number of alkyl halides is 3. The third-order valence-electron chi connectivity index (χ3n) is 6.44. The number of rotatable bonds is 5. The van der Waals surface area contributed by atoms with E-state index in [1.165, 1.54) is 24.4 Å². The molecule has 5 rings (SSSR count). The van der Waals surface area contributed by atoms with Crippen molar-refractivity contribution in [1.29, 1.82) is 0 Å². The Hall–Kier alpha value is -4.19. The molecule has 1 fully saturated rings. The Morgan fingerprint density at radius 2 is 1.97 bits per heavy atom. The van der Waals surface area contributed by atoms with Crippen molar-refractivity contribution in [2.45, 2.75) is 19.1 Å². The number of ketones is 1. The van der Waals surface area contributed by atoms with Gasteiger partial charge in [0.15, 0.2) is 11.6 Å². The molecular weight excluding hydrogens is 489 g/mol. The summed E-state index contributed by atoms with van der Waals surface area (Å²) in [6.45, 7) is 2.95. The summed E-state index contributed by atoms with van der Waals surface area (Å²) in [6.07, 6.45) is -1.68. The molecule has 0 bridgehead atoms. The topological polar surface area (TPSA) is 118 Å². The second-order valence-corrected chi connectivity index (χ2v) is 8.86. The standard InChI is InChI=1S/C25H23F3N6O3/c1-14-12-33(6-7-34(14)22(36)13-35)21-9-18-20(11-30-21)32-24(31-18)19-8-15(10-29-19)23(37)16-4-2-3-5-17(16)25(26,27)28/h2-5,8-11,14,29,35H,6-7,12-13H2,1H3,(H,31,32)/t14-/m1/s1. The maximum absolute atomic E-state index is 13.4.